The molecule has 0 aliphatic rings. The van der Waals surface area contributed by atoms with E-state index in [2.05, 4.69) is 5.32 Å². The van der Waals surface area contributed by atoms with E-state index in [-0.39, 0.29) is 47.2 Å². The first-order chi connectivity index (χ1) is 17.3. The molecule has 216 valence electrons. The van der Waals surface area contributed by atoms with Gasteiger partial charge in [-0.2, -0.15) is 8.78 Å². The summed E-state index contributed by atoms with van der Waals surface area (Å²) >= 11 is 0. The van der Waals surface area contributed by atoms with Crippen LogP contribution in [0.1, 0.15) is 77.3 Å². The number of hydrogen-bond donors (Lipinski definition) is 1. The van der Waals surface area contributed by atoms with E-state index >= 15 is 0 Å². The molecular weight excluding hydrogens is 556 g/mol. The Morgan fingerprint density at radius 3 is 1.39 bits per heavy atom. The monoisotopic (exact) mass is 591 g/mol. The van der Waals surface area contributed by atoms with Gasteiger partial charge in [0.2, 0.25) is 0 Å². The Kier molecular flexibility index (Phi) is 12.8. The number of alkyl halides is 4. The first-order valence-corrected chi connectivity index (χ1v) is 13.2. The van der Waals surface area contributed by atoms with E-state index in [9.17, 15) is 35.1 Å². The van der Waals surface area contributed by atoms with E-state index in [1.165, 1.54) is 25.4 Å². The van der Waals surface area contributed by atoms with Gasteiger partial charge in [-0.05, 0) is 36.8 Å². The second-order valence-corrected chi connectivity index (χ2v) is 11.0. The van der Waals surface area contributed by atoms with Crippen LogP contribution < -0.4 is 10.1 Å². The molecule has 0 aromatic heterocycles. The highest BCUT2D eigenvalue weighted by Gasteiger charge is 2.35. The molecule has 1 N–H and O–H groups in total. The van der Waals surface area contributed by atoms with Crippen LogP contribution in [-0.2, 0) is 0 Å². The fraction of sp³-hybridized carbons (Fsp3) is 0.538. The van der Waals surface area contributed by atoms with Crippen molar-refractivity contribution in [2.75, 3.05) is 5.32 Å². The standard InChI is InChI=1S/C13H18F4NP.C13H17F4OP/c2*1-4-11(13(16,17)19)18-8-5-9(14)12(7(2)3)10(15)6-8/h5-7,11,18H,4,19H2,1-3H3;5-7,11H,4,19H2,1-3H3. The van der Waals surface area contributed by atoms with Crippen molar-refractivity contribution in [1.82, 2.24) is 0 Å². The lowest BCUT2D eigenvalue weighted by atomic mass is 10.0. The smallest absolute Gasteiger partial charge is 0.294 e. The Hall–Kier alpha value is -1.66. The summed E-state index contributed by atoms with van der Waals surface area (Å²) in [5, 5.41) is 2.47. The Balaban J connectivity index is 0.000000380. The summed E-state index contributed by atoms with van der Waals surface area (Å²) in [4.78, 5) is 0. The van der Waals surface area contributed by atoms with Crippen molar-refractivity contribution >= 4 is 24.2 Å². The molecule has 4 unspecified atom stereocenters. The molecule has 0 fully saturated rings. The second-order valence-electron chi connectivity index (χ2n) is 9.43. The normalized spacial score (nSPS) is 13.7. The summed E-state index contributed by atoms with van der Waals surface area (Å²) in [7, 11) is 2.81. The molecule has 4 atom stereocenters. The fourth-order valence-electron chi connectivity index (χ4n) is 3.67. The quantitative estimate of drug-likeness (QED) is 0.220. The lowest BCUT2D eigenvalue weighted by Gasteiger charge is -2.24. The molecule has 0 aliphatic heterocycles. The van der Waals surface area contributed by atoms with Crippen LogP contribution in [0.2, 0.25) is 0 Å². The van der Waals surface area contributed by atoms with E-state index in [0.29, 0.717) is 0 Å². The number of rotatable bonds is 10. The van der Waals surface area contributed by atoms with Gasteiger partial charge in [-0.25, -0.2) is 26.3 Å². The van der Waals surface area contributed by atoms with Crippen molar-refractivity contribution in [3.63, 3.8) is 0 Å². The molecule has 0 heterocycles. The third kappa shape index (κ3) is 9.82. The lowest BCUT2D eigenvalue weighted by molar-refractivity contribution is -0.0216. The SMILES string of the molecule is CCC(Nc1cc(F)c(C(C)C)c(F)c1)C(F)(F)P.CCC(Oc1cc(F)c(C(C)C)c(F)c1)C(F)(F)P. The zero-order valence-electron chi connectivity index (χ0n) is 22.1. The maximum absolute atomic E-state index is 13.7. The van der Waals surface area contributed by atoms with Crippen LogP contribution in [0.3, 0.4) is 0 Å². The zero-order valence-corrected chi connectivity index (χ0v) is 24.4. The lowest BCUT2D eigenvalue weighted by Crippen LogP contribution is -2.34. The first kappa shape index (κ1) is 34.4. The topological polar surface area (TPSA) is 21.3 Å². The second kappa shape index (κ2) is 14.1. The highest BCUT2D eigenvalue weighted by atomic mass is 31.0. The number of nitrogens with one attached hydrogen (secondary N) is 1. The van der Waals surface area contributed by atoms with E-state index in [1.54, 1.807) is 34.6 Å². The molecule has 0 spiro atoms. The summed E-state index contributed by atoms with van der Waals surface area (Å²) < 4.78 is 113. The van der Waals surface area contributed by atoms with E-state index < -0.39 is 46.7 Å². The molecule has 0 aliphatic carbocycles. The Bertz CT molecular complexity index is 925. The fourth-order valence-corrected chi connectivity index (χ4v) is 4.29. The molecule has 0 amide bonds. The van der Waals surface area contributed by atoms with Crippen LogP contribution in [0.4, 0.5) is 40.8 Å². The average Bonchev–Trinajstić information content (AvgIpc) is 2.73. The minimum atomic E-state index is -3.15. The van der Waals surface area contributed by atoms with Crippen molar-refractivity contribution in [1.29, 1.82) is 0 Å². The van der Waals surface area contributed by atoms with Crippen LogP contribution >= 0.6 is 18.5 Å². The Labute approximate surface area is 223 Å². The summed E-state index contributed by atoms with van der Waals surface area (Å²) in [5.41, 5.74) is -6.28. The summed E-state index contributed by atoms with van der Waals surface area (Å²) in [6.07, 6.45) is -1.29. The summed E-state index contributed by atoms with van der Waals surface area (Å²) in [6, 6.07) is 2.80. The highest BCUT2D eigenvalue weighted by molar-refractivity contribution is 7.18. The van der Waals surface area contributed by atoms with Crippen molar-refractivity contribution in [2.24, 2.45) is 0 Å². The van der Waals surface area contributed by atoms with Crippen LogP contribution in [0.5, 0.6) is 5.75 Å². The average molecular weight is 592 g/mol. The molecule has 2 aromatic rings. The third-order valence-corrected chi connectivity index (χ3v) is 6.35. The minimum Gasteiger partial charge on any atom is -0.484 e. The molecule has 38 heavy (non-hydrogen) atoms. The Morgan fingerprint density at radius 2 is 1.11 bits per heavy atom. The number of hydrogen-bond acceptors (Lipinski definition) is 2. The van der Waals surface area contributed by atoms with Gasteiger partial charge in [0.1, 0.15) is 29.0 Å². The van der Waals surface area contributed by atoms with Gasteiger partial charge in [0.05, 0.1) is 6.04 Å². The number of benzene rings is 2. The van der Waals surface area contributed by atoms with Crippen LogP contribution in [0, 0.1) is 23.3 Å². The zero-order chi connectivity index (χ0) is 29.6. The molecule has 0 radical (unpaired) electrons. The first-order valence-electron chi connectivity index (χ1n) is 12.1. The minimum absolute atomic E-state index is 0.0195. The number of halogens is 8. The van der Waals surface area contributed by atoms with Gasteiger partial charge >= 0.3 is 0 Å². The van der Waals surface area contributed by atoms with Crippen LogP contribution in [-0.4, -0.2) is 23.5 Å². The summed E-state index contributed by atoms with van der Waals surface area (Å²) in [5.74, 6) is -3.88. The van der Waals surface area contributed by atoms with Gasteiger partial charge in [-0.1, -0.05) is 60.0 Å². The van der Waals surface area contributed by atoms with E-state index in [0.717, 1.165) is 24.3 Å². The van der Waals surface area contributed by atoms with Crippen molar-refractivity contribution in [2.45, 2.75) is 89.7 Å². The molecule has 2 rings (SSSR count). The molecule has 12 heteroatoms. The van der Waals surface area contributed by atoms with Crippen LogP contribution in [0.25, 0.3) is 0 Å². The predicted octanol–water partition coefficient (Wildman–Crippen LogP) is 9.46. The van der Waals surface area contributed by atoms with E-state index in [1.807, 2.05) is 0 Å². The molecule has 2 nitrogen and oxygen atoms in total. The van der Waals surface area contributed by atoms with E-state index in [4.69, 9.17) is 4.74 Å². The summed E-state index contributed by atoms with van der Waals surface area (Å²) in [6.45, 7) is 9.71. The van der Waals surface area contributed by atoms with Crippen LogP contribution in [0.15, 0.2) is 24.3 Å². The van der Waals surface area contributed by atoms with Gasteiger partial charge in [-0.3, -0.25) is 0 Å². The van der Waals surface area contributed by atoms with Gasteiger partial charge in [0.15, 0.2) is 6.10 Å². The largest absolute Gasteiger partial charge is 0.484 e. The molecule has 2 aromatic carbocycles. The van der Waals surface area contributed by atoms with Crippen molar-refractivity contribution < 1.29 is 39.9 Å². The maximum Gasteiger partial charge on any atom is 0.294 e. The Morgan fingerprint density at radius 1 is 0.711 bits per heavy atom. The molecule has 0 saturated carbocycles. The number of ether oxygens (including phenoxy) is 1. The van der Waals surface area contributed by atoms with Gasteiger partial charge in [0.25, 0.3) is 11.3 Å². The number of anilines is 1. The molecular formula is C26H35F8NOP2. The van der Waals surface area contributed by atoms with Gasteiger partial charge < -0.3 is 10.1 Å². The van der Waals surface area contributed by atoms with Gasteiger partial charge in [0, 0.05) is 28.9 Å². The molecule has 0 bridgehead atoms. The van der Waals surface area contributed by atoms with Crippen molar-refractivity contribution in [3.05, 3.63) is 58.7 Å². The molecule has 0 saturated heterocycles. The van der Waals surface area contributed by atoms with Crippen molar-refractivity contribution in [3.8, 4) is 5.75 Å². The third-order valence-electron chi connectivity index (χ3n) is 5.58. The van der Waals surface area contributed by atoms with Gasteiger partial charge in [-0.15, -0.1) is 0 Å². The highest BCUT2D eigenvalue weighted by Crippen LogP contribution is 2.34. The predicted molar refractivity (Wildman–Crippen MR) is 143 cm³/mol. The maximum atomic E-state index is 13.7.